The summed E-state index contributed by atoms with van der Waals surface area (Å²) in [5.41, 5.74) is 0. The third-order valence-electron chi connectivity index (χ3n) is 3.34. The molecular weight excluding hydrogens is 250 g/mol. The second-order valence-electron chi connectivity index (χ2n) is 4.77. The molecular formula is C12H19N3O2S. The van der Waals surface area contributed by atoms with Crippen LogP contribution in [0.1, 0.15) is 24.6 Å². The predicted molar refractivity (Wildman–Crippen MR) is 71.8 cm³/mol. The first-order valence-corrected chi connectivity index (χ1v) is 7.04. The molecule has 100 valence electrons. The van der Waals surface area contributed by atoms with Gasteiger partial charge in [0, 0.05) is 24.2 Å². The molecule has 0 aliphatic carbocycles. The molecule has 2 heterocycles. The Hall–Kier alpha value is -1.14. The van der Waals surface area contributed by atoms with Gasteiger partial charge in [-0.25, -0.2) is 9.78 Å². The lowest BCUT2D eigenvalue weighted by atomic mass is 9.92. The van der Waals surface area contributed by atoms with E-state index < -0.39 is 0 Å². The van der Waals surface area contributed by atoms with Crippen LogP contribution in [0.15, 0.2) is 6.20 Å². The second-order valence-corrected chi connectivity index (χ2v) is 6.01. The number of aliphatic hydroxyl groups excluding tert-OH is 1. The number of anilines is 1. The summed E-state index contributed by atoms with van der Waals surface area (Å²) in [6, 6.07) is -0.0895. The Labute approximate surface area is 111 Å². The highest BCUT2D eigenvalue weighted by Crippen LogP contribution is 2.22. The fourth-order valence-corrected chi connectivity index (χ4v) is 2.82. The molecule has 1 unspecified atom stereocenters. The number of rotatable bonds is 2. The molecule has 1 atom stereocenters. The molecule has 0 bridgehead atoms. The molecule has 2 amide bonds. The molecule has 1 aromatic heterocycles. The topological polar surface area (TPSA) is 65.5 Å². The van der Waals surface area contributed by atoms with Crippen molar-refractivity contribution in [1.82, 2.24) is 9.88 Å². The fraction of sp³-hybridized carbons (Fsp3) is 0.667. The number of urea groups is 1. The first-order valence-electron chi connectivity index (χ1n) is 6.22. The van der Waals surface area contributed by atoms with Crippen molar-refractivity contribution in [1.29, 1.82) is 0 Å². The van der Waals surface area contributed by atoms with Crippen LogP contribution in [0.25, 0.3) is 0 Å². The average Bonchev–Trinajstić information content (AvgIpc) is 2.75. The Bertz CT molecular complexity index is 411. The number of aliphatic hydroxyl groups is 1. The zero-order valence-electron chi connectivity index (χ0n) is 10.7. The van der Waals surface area contributed by atoms with E-state index in [1.807, 2.05) is 13.8 Å². The minimum atomic E-state index is -0.281. The first-order chi connectivity index (χ1) is 8.56. The maximum Gasteiger partial charge on any atom is 0.323 e. The number of aromatic nitrogens is 1. The summed E-state index contributed by atoms with van der Waals surface area (Å²) in [5, 5.41) is 13.0. The lowest BCUT2D eigenvalue weighted by molar-refractivity contribution is 0.0820. The SMILES string of the molecule is Cc1cnc(NC(=O)N2CCC(C(C)O)CC2)s1. The summed E-state index contributed by atoms with van der Waals surface area (Å²) in [5.74, 6) is 0.316. The van der Waals surface area contributed by atoms with E-state index in [1.165, 1.54) is 11.3 Å². The number of nitrogens with one attached hydrogen (secondary N) is 1. The molecule has 2 N–H and O–H groups in total. The van der Waals surface area contributed by atoms with Crippen LogP contribution in [0.3, 0.4) is 0 Å². The van der Waals surface area contributed by atoms with E-state index in [2.05, 4.69) is 10.3 Å². The highest BCUT2D eigenvalue weighted by molar-refractivity contribution is 7.15. The summed E-state index contributed by atoms with van der Waals surface area (Å²) >= 11 is 1.48. The van der Waals surface area contributed by atoms with Gasteiger partial charge in [-0.05, 0) is 32.6 Å². The third-order valence-corrected chi connectivity index (χ3v) is 4.17. The number of amides is 2. The van der Waals surface area contributed by atoms with Crippen molar-refractivity contribution in [3.8, 4) is 0 Å². The third kappa shape index (κ3) is 3.20. The van der Waals surface area contributed by atoms with E-state index in [0.717, 1.165) is 17.7 Å². The number of hydrogen-bond donors (Lipinski definition) is 2. The Balaban J connectivity index is 1.84. The molecule has 1 aliphatic heterocycles. The van der Waals surface area contributed by atoms with Crippen LogP contribution in [-0.4, -0.2) is 40.2 Å². The summed E-state index contributed by atoms with van der Waals surface area (Å²) in [6.07, 6.45) is 3.20. The molecule has 0 saturated carbocycles. The van der Waals surface area contributed by atoms with Gasteiger partial charge >= 0.3 is 6.03 Å². The van der Waals surface area contributed by atoms with Crippen LogP contribution in [0, 0.1) is 12.8 Å². The van der Waals surface area contributed by atoms with Crippen molar-refractivity contribution in [2.75, 3.05) is 18.4 Å². The Morgan fingerprint density at radius 2 is 2.28 bits per heavy atom. The first kappa shape index (κ1) is 13.3. The van der Waals surface area contributed by atoms with Crippen LogP contribution in [0.5, 0.6) is 0 Å². The monoisotopic (exact) mass is 269 g/mol. The highest BCUT2D eigenvalue weighted by Gasteiger charge is 2.25. The van der Waals surface area contributed by atoms with Crippen LogP contribution in [0.2, 0.25) is 0 Å². The van der Waals surface area contributed by atoms with Crippen molar-refractivity contribution in [2.45, 2.75) is 32.8 Å². The minimum Gasteiger partial charge on any atom is -0.393 e. The van der Waals surface area contributed by atoms with Gasteiger partial charge < -0.3 is 10.0 Å². The highest BCUT2D eigenvalue weighted by atomic mass is 32.1. The van der Waals surface area contributed by atoms with Crippen molar-refractivity contribution in [2.24, 2.45) is 5.92 Å². The van der Waals surface area contributed by atoms with Crippen LogP contribution < -0.4 is 5.32 Å². The fourth-order valence-electron chi connectivity index (χ4n) is 2.17. The van der Waals surface area contributed by atoms with E-state index in [9.17, 15) is 9.90 Å². The lowest BCUT2D eigenvalue weighted by Crippen LogP contribution is -2.42. The largest absolute Gasteiger partial charge is 0.393 e. The molecule has 1 fully saturated rings. The zero-order valence-corrected chi connectivity index (χ0v) is 11.5. The molecule has 5 nitrogen and oxygen atoms in total. The molecule has 0 spiro atoms. The van der Waals surface area contributed by atoms with Crippen LogP contribution >= 0.6 is 11.3 Å². The second kappa shape index (κ2) is 5.67. The van der Waals surface area contributed by atoms with Gasteiger partial charge in [0.1, 0.15) is 0 Å². The molecule has 0 aromatic carbocycles. The standard InChI is InChI=1S/C12H19N3O2S/c1-8-7-13-11(18-8)14-12(17)15-5-3-10(4-6-15)9(2)16/h7,9-10,16H,3-6H2,1-2H3,(H,13,14,17). The molecule has 1 saturated heterocycles. The van der Waals surface area contributed by atoms with Gasteiger partial charge in [-0.15, -0.1) is 11.3 Å². The number of piperidine rings is 1. The van der Waals surface area contributed by atoms with Crippen LogP contribution in [0.4, 0.5) is 9.93 Å². The number of likely N-dealkylation sites (tertiary alicyclic amines) is 1. The number of nitrogens with zero attached hydrogens (tertiary/aromatic N) is 2. The zero-order chi connectivity index (χ0) is 13.1. The molecule has 1 aromatic rings. The van der Waals surface area contributed by atoms with Crippen molar-refractivity contribution in [3.63, 3.8) is 0 Å². The number of aryl methyl sites for hydroxylation is 1. The number of hydrogen-bond acceptors (Lipinski definition) is 4. The van der Waals surface area contributed by atoms with E-state index in [1.54, 1.807) is 11.1 Å². The van der Waals surface area contributed by atoms with E-state index in [0.29, 0.717) is 24.1 Å². The molecule has 1 aliphatic rings. The van der Waals surface area contributed by atoms with Crippen molar-refractivity contribution < 1.29 is 9.90 Å². The summed E-state index contributed by atoms with van der Waals surface area (Å²) in [7, 11) is 0. The van der Waals surface area contributed by atoms with Crippen molar-refractivity contribution in [3.05, 3.63) is 11.1 Å². The van der Waals surface area contributed by atoms with Gasteiger partial charge in [-0.1, -0.05) is 0 Å². The average molecular weight is 269 g/mol. The molecule has 18 heavy (non-hydrogen) atoms. The summed E-state index contributed by atoms with van der Waals surface area (Å²) in [6.45, 7) is 5.18. The number of carbonyl (C=O) groups is 1. The maximum absolute atomic E-state index is 12.0. The summed E-state index contributed by atoms with van der Waals surface area (Å²) < 4.78 is 0. The summed E-state index contributed by atoms with van der Waals surface area (Å²) in [4.78, 5) is 19.0. The van der Waals surface area contributed by atoms with Gasteiger partial charge in [0.05, 0.1) is 6.10 Å². The van der Waals surface area contributed by atoms with E-state index in [4.69, 9.17) is 0 Å². The minimum absolute atomic E-state index is 0.0895. The Kier molecular flexibility index (Phi) is 4.19. The smallest absolute Gasteiger partial charge is 0.323 e. The lowest BCUT2D eigenvalue weighted by Gasteiger charge is -2.32. The Morgan fingerprint density at radius 3 is 2.78 bits per heavy atom. The van der Waals surface area contributed by atoms with Gasteiger partial charge in [-0.3, -0.25) is 5.32 Å². The van der Waals surface area contributed by atoms with Gasteiger partial charge in [0.25, 0.3) is 0 Å². The quantitative estimate of drug-likeness (QED) is 0.864. The van der Waals surface area contributed by atoms with E-state index in [-0.39, 0.29) is 12.1 Å². The van der Waals surface area contributed by atoms with Gasteiger partial charge in [0.15, 0.2) is 5.13 Å². The van der Waals surface area contributed by atoms with Crippen LogP contribution in [-0.2, 0) is 0 Å². The number of carbonyl (C=O) groups excluding carboxylic acids is 1. The Morgan fingerprint density at radius 1 is 1.61 bits per heavy atom. The van der Waals surface area contributed by atoms with Gasteiger partial charge in [0.2, 0.25) is 0 Å². The predicted octanol–water partition coefficient (Wildman–Crippen LogP) is 2.08. The number of thiazole rings is 1. The molecule has 6 heteroatoms. The van der Waals surface area contributed by atoms with Crippen molar-refractivity contribution >= 4 is 22.5 Å². The molecule has 2 rings (SSSR count). The maximum atomic E-state index is 12.0. The van der Waals surface area contributed by atoms with Gasteiger partial charge in [-0.2, -0.15) is 0 Å². The molecule has 0 radical (unpaired) electrons. The normalized spacial score (nSPS) is 18.7. The van der Waals surface area contributed by atoms with E-state index >= 15 is 0 Å².